The molecule has 0 bridgehead atoms. The SMILES string of the molecule is CCc1nn(C)cc1C(CN)N(C)Cc1scnc1C. The predicted octanol–water partition coefficient (Wildman–Crippen LogP) is 1.88. The standard InChI is InChI=1S/C14H23N5S/c1-5-12-11(7-19(4)17-12)13(6-15)18(3)8-14-10(2)16-9-20-14/h7,9,13H,5-6,8,15H2,1-4H3. The highest BCUT2D eigenvalue weighted by Gasteiger charge is 2.21. The van der Waals surface area contributed by atoms with E-state index in [0.29, 0.717) is 6.54 Å². The molecule has 0 amide bonds. The molecule has 0 saturated carbocycles. The molecule has 0 aromatic carbocycles. The summed E-state index contributed by atoms with van der Waals surface area (Å²) in [6.07, 6.45) is 3.02. The molecule has 0 aliphatic rings. The first-order chi connectivity index (χ1) is 9.56. The van der Waals surface area contributed by atoms with Crippen molar-refractivity contribution < 1.29 is 0 Å². The van der Waals surface area contributed by atoms with Gasteiger partial charge in [0.25, 0.3) is 0 Å². The van der Waals surface area contributed by atoms with Crippen molar-refractivity contribution in [1.29, 1.82) is 0 Å². The van der Waals surface area contributed by atoms with Gasteiger partial charge in [0, 0.05) is 36.8 Å². The summed E-state index contributed by atoms with van der Waals surface area (Å²) >= 11 is 1.70. The molecular formula is C14H23N5S. The van der Waals surface area contributed by atoms with E-state index >= 15 is 0 Å². The van der Waals surface area contributed by atoms with Gasteiger partial charge < -0.3 is 5.73 Å². The van der Waals surface area contributed by atoms with Crippen molar-refractivity contribution >= 4 is 11.3 Å². The van der Waals surface area contributed by atoms with E-state index in [1.54, 1.807) is 11.3 Å². The summed E-state index contributed by atoms with van der Waals surface area (Å²) in [5, 5.41) is 4.52. The van der Waals surface area contributed by atoms with Crippen LogP contribution in [0.4, 0.5) is 0 Å². The minimum absolute atomic E-state index is 0.195. The summed E-state index contributed by atoms with van der Waals surface area (Å²) in [5.41, 5.74) is 11.4. The Morgan fingerprint density at radius 2 is 2.25 bits per heavy atom. The summed E-state index contributed by atoms with van der Waals surface area (Å²) in [4.78, 5) is 7.90. The number of hydrogen-bond donors (Lipinski definition) is 1. The van der Waals surface area contributed by atoms with E-state index in [1.807, 2.05) is 17.2 Å². The lowest BCUT2D eigenvalue weighted by molar-refractivity contribution is 0.242. The second kappa shape index (κ2) is 6.47. The quantitative estimate of drug-likeness (QED) is 0.883. The molecule has 0 spiro atoms. The Kier molecular flexibility index (Phi) is 4.91. The zero-order chi connectivity index (χ0) is 14.7. The summed E-state index contributed by atoms with van der Waals surface area (Å²) in [5.74, 6) is 0. The van der Waals surface area contributed by atoms with Crippen molar-refractivity contribution in [2.45, 2.75) is 32.9 Å². The third-order valence-electron chi connectivity index (χ3n) is 3.62. The number of nitrogens with zero attached hydrogens (tertiary/aromatic N) is 4. The van der Waals surface area contributed by atoms with Gasteiger partial charge in [0.15, 0.2) is 0 Å². The zero-order valence-electron chi connectivity index (χ0n) is 12.6. The van der Waals surface area contributed by atoms with Crippen molar-refractivity contribution in [2.24, 2.45) is 12.8 Å². The number of aromatic nitrogens is 3. The largest absolute Gasteiger partial charge is 0.329 e. The fourth-order valence-corrected chi connectivity index (χ4v) is 3.30. The van der Waals surface area contributed by atoms with Crippen LogP contribution in [-0.2, 0) is 20.0 Å². The van der Waals surface area contributed by atoms with Crippen molar-refractivity contribution in [3.05, 3.63) is 33.5 Å². The minimum atomic E-state index is 0.195. The Morgan fingerprint density at radius 1 is 1.50 bits per heavy atom. The molecule has 2 aromatic rings. The van der Waals surface area contributed by atoms with E-state index in [4.69, 9.17) is 5.73 Å². The molecular weight excluding hydrogens is 270 g/mol. The molecule has 0 fully saturated rings. The Bertz CT molecular complexity index is 560. The van der Waals surface area contributed by atoms with E-state index in [1.165, 1.54) is 10.4 Å². The molecule has 0 aliphatic carbocycles. The first-order valence-corrected chi connectivity index (χ1v) is 7.76. The Labute approximate surface area is 124 Å². The molecule has 1 atom stereocenters. The van der Waals surface area contributed by atoms with Gasteiger partial charge in [-0.15, -0.1) is 11.3 Å². The summed E-state index contributed by atoms with van der Waals surface area (Å²) in [6, 6.07) is 0.195. The summed E-state index contributed by atoms with van der Waals surface area (Å²) in [6.45, 7) is 5.65. The minimum Gasteiger partial charge on any atom is -0.329 e. The van der Waals surface area contributed by atoms with Gasteiger partial charge in [-0.3, -0.25) is 9.58 Å². The maximum Gasteiger partial charge on any atom is 0.0798 e. The smallest absolute Gasteiger partial charge is 0.0798 e. The number of hydrogen-bond acceptors (Lipinski definition) is 5. The molecule has 5 nitrogen and oxygen atoms in total. The molecule has 2 aromatic heterocycles. The lowest BCUT2D eigenvalue weighted by atomic mass is 10.1. The molecule has 2 N–H and O–H groups in total. The van der Waals surface area contributed by atoms with Gasteiger partial charge >= 0.3 is 0 Å². The van der Waals surface area contributed by atoms with Crippen molar-refractivity contribution in [3.8, 4) is 0 Å². The van der Waals surface area contributed by atoms with E-state index in [0.717, 1.165) is 24.4 Å². The third-order valence-corrected chi connectivity index (χ3v) is 4.54. The van der Waals surface area contributed by atoms with Crippen LogP contribution in [0, 0.1) is 6.92 Å². The highest BCUT2D eigenvalue weighted by molar-refractivity contribution is 7.09. The average molecular weight is 293 g/mol. The van der Waals surface area contributed by atoms with E-state index in [-0.39, 0.29) is 6.04 Å². The van der Waals surface area contributed by atoms with Crippen LogP contribution in [0.25, 0.3) is 0 Å². The second-order valence-corrected chi connectivity index (χ2v) is 6.03. The lowest BCUT2D eigenvalue weighted by Crippen LogP contribution is -2.30. The first-order valence-electron chi connectivity index (χ1n) is 6.88. The zero-order valence-corrected chi connectivity index (χ0v) is 13.4. The summed E-state index contributed by atoms with van der Waals surface area (Å²) in [7, 11) is 4.08. The normalized spacial score (nSPS) is 13.1. The monoisotopic (exact) mass is 293 g/mol. The van der Waals surface area contributed by atoms with Crippen LogP contribution in [0.2, 0.25) is 0 Å². The van der Waals surface area contributed by atoms with Crippen LogP contribution >= 0.6 is 11.3 Å². The Morgan fingerprint density at radius 3 is 2.80 bits per heavy atom. The summed E-state index contributed by atoms with van der Waals surface area (Å²) < 4.78 is 1.88. The van der Waals surface area contributed by atoms with Crippen LogP contribution in [-0.4, -0.2) is 33.3 Å². The van der Waals surface area contributed by atoms with Gasteiger partial charge in [0.05, 0.1) is 22.9 Å². The highest BCUT2D eigenvalue weighted by Crippen LogP contribution is 2.25. The number of likely N-dealkylation sites (N-methyl/N-ethyl adjacent to an activating group) is 1. The van der Waals surface area contributed by atoms with E-state index in [2.05, 4.69) is 42.1 Å². The van der Waals surface area contributed by atoms with E-state index in [9.17, 15) is 0 Å². The third kappa shape index (κ3) is 3.08. The predicted molar refractivity (Wildman–Crippen MR) is 82.7 cm³/mol. The average Bonchev–Trinajstić information content (AvgIpc) is 2.97. The van der Waals surface area contributed by atoms with Crippen LogP contribution in [0.1, 0.15) is 34.8 Å². The van der Waals surface area contributed by atoms with Crippen molar-refractivity contribution in [3.63, 3.8) is 0 Å². The fraction of sp³-hybridized carbons (Fsp3) is 0.571. The van der Waals surface area contributed by atoms with Crippen LogP contribution < -0.4 is 5.73 Å². The van der Waals surface area contributed by atoms with Crippen LogP contribution in [0.3, 0.4) is 0 Å². The maximum atomic E-state index is 6.01. The molecule has 0 saturated heterocycles. The van der Waals surface area contributed by atoms with Gasteiger partial charge in [-0.05, 0) is 20.4 Å². The molecule has 110 valence electrons. The van der Waals surface area contributed by atoms with Crippen molar-refractivity contribution in [2.75, 3.05) is 13.6 Å². The van der Waals surface area contributed by atoms with Crippen molar-refractivity contribution in [1.82, 2.24) is 19.7 Å². The molecule has 1 unspecified atom stereocenters. The topological polar surface area (TPSA) is 60.0 Å². The Balaban J connectivity index is 2.20. The van der Waals surface area contributed by atoms with Gasteiger partial charge in [-0.1, -0.05) is 6.92 Å². The van der Waals surface area contributed by atoms with Gasteiger partial charge in [-0.2, -0.15) is 5.10 Å². The number of nitrogens with two attached hydrogens (primary N) is 1. The number of rotatable bonds is 6. The van der Waals surface area contributed by atoms with Crippen LogP contribution in [0.5, 0.6) is 0 Å². The molecule has 6 heteroatoms. The molecule has 20 heavy (non-hydrogen) atoms. The lowest BCUT2D eigenvalue weighted by Gasteiger charge is -2.26. The molecule has 2 heterocycles. The Hall–Kier alpha value is -1.24. The number of thiazole rings is 1. The van der Waals surface area contributed by atoms with Gasteiger partial charge in [0.2, 0.25) is 0 Å². The fourth-order valence-electron chi connectivity index (χ4n) is 2.47. The maximum absolute atomic E-state index is 6.01. The van der Waals surface area contributed by atoms with Gasteiger partial charge in [0.1, 0.15) is 0 Å². The molecule has 2 rings (SSSR count). The molecule has 0 aliphatic heterocycles. The number of aryl methyl sites for hydroxylation is 3. The van der Waals surface area contributed by atoms with E-state index < -0.39 is 0 Å². The molecule has 0 radical (unpaired) electrons. The van der Waals surface area contributed by atoms with Crippen LogP contribution in [0.15, 0.2) is 11.7 Å². The highest BCUT2D eigenvalue weighted by atomic mass is 32.1. The van der Waals surface area contributed by atoms with Gasteiger partial charge in [-0.25, -0.2) is 4.98 Å². The second-order valence-electron chi connectivity index (χ2n) is 5.09. The first kappa shape index (κ1) is 15.2.